The summed E-state index contributed by atoms with van der Waals surface area (Å²) in [6, 6.07) is 7.01. The smallest absolute Gasteiger partial charge is 0.475 e. The van der Waals surface area contributed by atoms with Gasteiger partial charge in [-0.05, 0) is 31.2 Å². The second kappa shape index (κ2) is 11.8. The summed E-state index contributed by atoms with van der Waals surface area (Å²) in [5, 5.41) is 14.8. The first-order chi connectivity index (χ1) is 18.3. The van der Waals surface area contributed by atoms with Gasteiger partial charge in [0.05, 0.1) is 12.1 Å². The Labute approximate surface area is 217 Å². The fourth-order valence-electron chi connectivity index (χ4n) is 3.28. The summed E-state index contributed by atoms with van der Waals surface area (Å²) in [6.07, 6.45) is -5.43. The van der Waals surface area contributed by atoms with Gasteiger partial charge < -0.3 is 24.7 Å². The molecule has 208 valence electrons. The largest absolute Gasteiger partial charge is 0.490 e. The van der Waals surface area contributed by atoms with Gasteiger partial charge in [0.25, 0.3) is 12.2 Å². The monoisotopic (exact) mass is 555 g/mol. The topological polar surface area (TPSA) is 171 Å². The van der Waals surface area contributed by atoms with Crippen molar-refractivity contribution in [2.75, 3.05) is 11.4 Å². The van der Waals surface area contributed by atoms with Crippen LogP contribution in [-0.4, -0.2) is 63.4 Å². The molecule has 1 aliphatic rings. The minimum absolute atomic E-state index is 0.00300. The normalized spacial score (nSPS) is 16.8. The van der Waals surface area contributed by atoms with Crippen LogP contribution in [0, 0.1) is 12.7 Å². The number of amides is 1. The Morgan fingerprint density at radius 3 is 2.41 bits per heavy atom. The van der Waals surface area contributed by atoms with E-state index in [1.807, 2.05) is 0 Å². The summed E-state index contributed by atoms with van der Waals surface area (Å²) in [7, 11) is 0. The molecule has 16 heteroatoms. The van der Waals surface area contributed by atoms with Crippen LogP contribution in [0.2, 0.25) is 0 Å². The zero-order valence-corrected chi connectivity index (χ0v) is 20.3. The van der Waals surface area contributed by atoms with E-state index in [2.05, 4.69) is 15.2 Å². The second-order valence-electron chi connectivity index (χ2n) is 7.92. The number of hydrogen-bond donors (Lipinski definition) is 2. The number of rotatable bonds is 6. The first-order valence-electron chi connectivity index (χ1n) is 11.1. The maximum atomic E-state index is 14.9. The van der Waals surface area contributed by atoms with Crippen LogP contribution >= 0.6 is 0 Å². The number of pyridine rings is 1. The number of carboxylic acid groups (broad SMARTS) is 1. The van der Waals surface area contributed by atoms with Crippen LogP contribution in [0.15, 0.2) is 40.9 Å². The molecule has 0 aliphatic carbocycles. The molecule has 1 aromatic carbocycles. The van der Waals surface area contributed by atoms with Gasteiger partial charge >= 0.3 is 24.2 Å². The van der Waals surface area contributed by atoms with Crippen LogP contribution in [-0.2, 0) is 19.1 Å². The lowest BCUT2D eigenvalue weighted by atomic mass is 10.1. The molecule has 4 rings (SSSR count). The van der Waals surface area contributed by atoms with Crippen molar-refractivity contribution in [2.24, 2.45) is 5.73 Å². The van der Waals surface area contributed by atoms with E-state index in [4.69, 9.17) is 29.5 Å². The Kier molecular flexibility index (Phi) is 8.80. The van der Waals surface area contributed by atoms with Gasteiger partial charge in [-0.3, -0.25) is 14.7 Å². The number of nitrogens with zero attached hydrogens (tertiary/aromatic N) is 4. The first kappa shape index (κ1) is 29.0. The Hall–Kier alpha value is -4.60. The number of halogens is 4. The van der Waals surface area contributed by atoms with E-state index in [0.717, 1.165) is 0 Å². The highest BCUT2D eigenvalue weighted by Gasteiger charge is 2.42. The second-order valence-corrected chi connectivity index (χ2v) is 7.92. The summed E-state index contributed by atoms with van der Waals surface area (Å²) in [5.74, 6) is -3.21. The molecule has 3 N–H and O–H groups in total. The van der Waals surface area contributed by atoms with Crippen LogP contribution in [0.1, 0.15) is 19.2 Å². The van der Waals surface area contributed by atoms with Crippen LogP contribution in [0.3, 0.4) is 0 Å². The van der Waals surface area contributed by atoms with Gasteiger partial charge in [-0.15, -0.1) is 10.2 Å². The van der Waals surface area contributed by atoms with E-state index < -0.39 is 42.4 Å². The van der Waals surface area contributed by atoms with Crippen molar-refractivity contribution in [1.29, 1.82) is 0 Å². The third kappa shape index (κ3) is 7.04. The van der Waals surface area contributed by atoms with E-state index in [1.54, 1.807) is 32.0 Å². The summed E-state index contributed by atoms with van der Waals surface area (Å²) in [6.45, 7) is 3.43. The number of nitrogens with two attached hydrogens (primary N) is 1. The summed E-state index contributed by atoms with van der Waals surface area (Å²) in [4.78, 5) is 38.4. The molecular weight excluding hydrogens is 534 g/mol. The molecular formula is C23H21F4N5O7. The highest BCUT2D eigenvalue weighted by atomic mass is 19.4. The van der Waals surface area contributed by atoms with Gasteiger partial charge in [0.1, 0.15) is 17.6 Å². The number of aromatic nitrogens is 3. The average Bonchev–Trinajstić information content (AvgIpc) is 3.41. The third-order valence-electron chi connectivity index (χ3n) is 5.10. The molecule has 3 aromatic rings. The number of hydrogen-bond acceptors (Lipinski definition) is 10. The lowest BCUT2D eigenvalue weighted by Gasteiger charge is -2.21. The van der Waals surface area contributed by atoms with Crippen LogP contribution in [0.4, 0.5) is 28.0 Å². The lowest BCUT2D eigenvalue weighted by molar-refractivity contribution is -0.192. The maximum Gasteiger partial charge on any atom is 0.490 e. The fourth-order valence-corrected chi connectivity index (χ4v) is 3.28. The zero-order valence-electron chi connectivity index (χ0n) is 20.3. The number of esters is 1. The van der Waals surface area contributed by atoms with Crippen molar-refractivity contribution < 1.29 is 50.9 Å². The van der Waals surface area contributed by atoms with Gasteiger partial charge in [-0.25, -0.2) is 14.0 Å². The molecule has 0 saturated carbocycles. The Morgan fingerprint density at radius 1 is 1.21 bits per heavy atom. The van der Waals surface area contributed by atoms with Crippen LogP contribution in [0.25, 0.3) is 22.7 Å². The molecule has 1 aliphatic heterocycles. The molecule has 0 radical (unpaired) electrons. The summed E-state index contributed by atoms with van der Waals surface area (Å²) in [5.41, 5.74) is 6.88. The standard InChI is InChI=1S/C21H20FN5O5.C2HF3O2/c1-11-20(31-18(28)7-8-23)32-21(29)27(11)14-4-5-15(16(22)9-14)13-3-6-17(24-10-13)19-26-25-12(2)30-19;3-2(4,5)1(6)7/h3-6,9-11,20H,7-8,23H2,1-2H3;(H,6,7)/t11-,20?;/m1./s1. The minimum atomic E-state index is -5.08. The molecule has 0 bridgehead atoms. The lowest BCUT2D eigenvalue weighted by Crippen LogP contribution is -2.36. The van der Waals surface area contributed by atoms with E-state index in [-0.39, 0.29) is 24.5 Å². The van der Waals surface area contributed by atoms with Crippen molar-refractivity contribution in [3.63, 3.8) is 0 Å². The number of alkyl halides is 3. The molecule has 1 unspecified atom stereocenters. The van der Waals surface area contributed by atoms with E-state index >= 15 is 0 Å². The predicted molar refractivity (Wildman–Crippen MR) is 123 cm³/mol. The molecule has 2 atom stereocenters. The molecule has 2 aromatic heterocycles. The highest BCUT2D eigenvalue weighted by Crippen LogP contribution is 2.32. The molecule has 3 heterocycles. The number of anilines is 1. The molecule has 0 spiro atoms. The highest BCUT2D eigenvalue weighted by molar-refractivity contribution is 5.91. The number of carboxylic acids is 1. The number of carbonyl (C=O) groups excluding carboxylic acids is 2. The quantitative estimate of drug-likeness (QED) is 0.337. The van der Waals surface area contributed by atoms with Gasteiger partial charge in [0.15, 0.2) is 0 Å². The third-order valence-corrected chi connectivity index (χ3v) is 5.10. The average molecular weight is 555 g/mol. The van der Waals surface area contributed by atoms with Crippen LogP contribution < -0.4 is 10.6 Å². The van der Waals surface area contributed by atoms with Crippen LogP contribution in [0.5, 0.6) is 0 Å². The molecule has 39 heavy (non-hydrogen) atoms. The van der Waals surface area contributed by atoms with Crippen molar-refractivity contribution in [3.8, 4) is 22.7 Å². The summed E-state index contributed by atoms with van der Waals surface area (Å²) < 4.78 is 62.3. The number of ether oxygens (including phenoxy) is 2. The fraction of sp³-hybridized carbons (Fsp3) is 0.304. The zero-order chi connectivity index (χ0) is 28.9. The van der Waals surface area contributed by atoms with Crippen molar-refractivity contribution in [3.05, 3.63) is 48.2 Å². The Morgan fingerprint density at radius 2 is 1.90 bits per heavy atom. The molecule has 1 fully saturated rings. The number of aryl methyl sites for hydroxylation is 1. The van der Waals surface area contributed by atoms with Gasteiger partial charge in [0, 0.05) is 30.8 Å². The van der Waals surface area contributed by atoms with E-state index in [0.29, 0.717) is 22.7 Å². The van der Waals surface area contributed by atoms with Crippen molar-refractivity contribution >= 4 is 23.7 Å². The predicted octanol–water partition coefficient (Wildman–Crippen LogP) is 3.44. The Balaban J connectivity index is 0.000000532. The van der Waals surface area contributed by atoms with Crippen molar-refractivity contribution in [1.82, 2.24) is 15.2 Å². The molecule has 1 amide bonds. The van der Waals surface area contributed by atoms with Crippen molar-refractivity contribution in [2.45, 2.75) is 38.8 Å². The number of carbonyl (C=O) groups is 3. The van der Waals surface area contributed by atoms with Gasteiger partial charge in [0.2, 0.25) is 5.89 Å². The number of aliphatic carboxylic acids is 1. The van der Waals surface area contributed by atoms with Gasteiger partial charge in [-0.1, -0.05) is 6.07 Å². The Bertz CT molecular complexity index is 1350. The molecule has 1 saturated heterocycles. The first-order valence-corrected chi connectivity index (χ1v) is 11.1. The maximum absolute atomic E-state index is 14.9. The minimum Gasteiger partial charge on any atom is -0.475 e. The summed E-state index contributed by atoms with van der Waals surface area (Å²) >= 11 is 0. The van der Waals surface area contributed by atoms with Gasteiger partial charge in [-0.2, -0.15) is 13.2 Å². The number of cyclic esters (lactones) is 1. The SMILES string of the molecule is Cc1nnc(-c2ccc(-c3ccc(N4C(=O)OC(OC(=O)CCN)[C@H]4C)cc3F)cn2)o1.O=C(O)C(F)(F)F. The number of benzene rings is 1. The van der Waals surface area contributed by atoms with E-state index in [9.17, 15) is 27.2 Å². The van der Waals surface area contributed by atoms with E-state index in [1.165, 1.54) is 23.2 Å². The molecule has 12 nitrogen and oxygen atoms in total.